The number of fused-ring (bicyclic) bond motifs is 2. The Hall–Kier alpha value is -4.56. The molecule has 1 aliphatic rings. The van der Waals surface area contributed by atoms with E-state index in [2.05, 4.69) is 34.9 Å². The van der Waals surface area contributed by atoms with Crippen molar-refractivity contribution in [1.29, 1.82) is 0 Å². The van der Waals surface area contributed by atoms with E-state index < -0.39 is 41.7 Å². The maximum absolute atomic E-state index is 14.3. The molecule has 1 saturated carbocycles. The summed E-state index contributed by atoms with van der Waals surface area (Å²) in [6, 6.07) is 14.2. The molecule has 1 aliphatic carbocycles. The molecule has 5 aromatic rings. The number of imidazole rings is 2. The normalized spacial score (nSPS) is 17.3. The fourth-order valence-corrected chi connectivity index (χ4v) is 6.87. The number of nitrogens with two attached hydrogens (primary N) is 2. The molecule has 15 heteroatoms. The summed E-state index contributed by atoms with van der Waals surface area (Å²) in [7, 11) is 0. The van der Waals surface area contributed by atoms with Crippen molar-refractivity contribution in [3.8, 4) is 11.1 Å². The third kappa shape index (κ3) is 7.49. The molecule has 1 fully saturated rings. The van der Waals surface area contributed by atoms with Gasteiger partial charge < -0.3 is 21.4 Å². The average Bonchev–Trinajstić information content (AvgIpc) is 3.72. The van der Waals surface area contributed by atoms with Crippen LogP contribution in [0.2, 0.25) is 0 Å². The van der Waals surface area contributed by atoms with Crippen molar-refractivity contribution in [1.82, 2.24) is 19.9 Å². The number of primary amides is 1. The van der Waals surface area contributed by atoms with Crippen molar-refractivity contribution in [2.45, 2.75) is 76.9 Å². The van der Waals surface area contributed by atoms with Crippen LogP contribution in [0.15, 0.2) is 54.6 Å². The number of amides is 2. The summed E-state index contributed by atoms with van der Waals surface area (Å²) >= 11 is 0. The first kappa shape index (κ1) is 38.7. The highest BCUT2D eigenvalue weighted by atomic mass is 35.5. The third-order valence-electron chi connectivity index (χ3n) is 9.89. The molecule has 2 heterocycles. The lowest BCUT2D eigenvalue weighted by Crippen LogP contribution is -2.52. The summed E-state index contributed by atoms with van der Waals surface area (Å²) in [6.45, 7) is 6.63. The van der Waals surface area contributed by atoms with E-state index in [1.807, 2.05) is 37.3 Å². The molecule has 9 nitrogen and oxygen atoms in total. The monoisotopic (exact) mass is 745 g/mol. The number of alkyl halides is 5. The van der Waals surface area contributed by atoms with Gasteiger partial charge in [-0.1, -0.05) is 38.1 Å². The van der Waals surface area contributed by atoms with Crippen molar-refractivity contribution in [2.24, 2.45) is 23.3 Å². The van der Waals surface area contributed by atoms with Gasteiger partial charge in [-0.3, -0.25) is 14.5 Å². The van der Waals surface area contributed by atoms with Gasteiger partial charge in [-0.25, -0.2) is 9.97 Å². The highest BCUT2D eigenvalue weighted by Crippen LogP contribution is 2.43. The van der Waals surface area contributed by atoms with Crippen molar-refractivity contribution in [3.63, 3.8) is 0 Å². The number of nitrogens with one attached hydrogen (secondary N) is 2. The van der Waals surface area contributed by atoms with E-state index in [1.54, 1.807) is 0 Å². The van der Waals surface area contributed by atoms with Crippen LogP contribution in [0.5, 0.6) is 0 Å². The summed E-state index contributed by atoms with van der Waals surface area (Å²) in [5.41, 5.74) is 17.0. The number of benzene rings is 3. The van der Waals surface area contributed by atoms with Gasteiger partial charge in [0.05, 0.1) is 22.1 Å². The van der Waals surface area contributed by atoms with E-state index in [4.69, 9.17) is 16.5 Å². The standard InChI is InChI=1S/C37H40F5N7O2.ClH/c1-19(2)33-45-28-14-20(3)26(17-30(28)46-33)23-8-4-21(5-9-23)15-31(32(44)50)49(34(51)24-10-6-22(18-43)7-11-24)25-12-13-27-29(16-25)48-35(47-27)36(38,39)37(40,41)42;/h4-5,8-9,12-14,16-17,19,22,24,31H,6-7,10-11,15,18,43H2,1-3H3,(H2,44,50)(H,45,46)(H,47,48);1H/t22-,24-,31-;/m0./s1. The molecule has 1 atom stereocenters. The van der Waals surface area contributed by atoms with Crippen LogP contribution in [0, 0.1) is 18.8 Å². The van der Waals surface area contributed by atoms with Crippen molar-refractivity contribution in [2.75, 3.05) is 11.4 Å². The fraction of sp³-hybridized carbons (Fsp3) is 0.405. The first-order chi connectivity index (χ1) is 24.1. The molecule has 0 spiro atoms. The molecule has 0 saturated heterocycles. The Kier molecular flexibility index (Phi) is 11.0. The number of carbonyl (C=O) groups excluding carboxylic acids is 2. The van der Waals surface area contributed by atoms with Crippen LogP contribution in [-0.2, 0) is 21.9 Å². The predicted octanol–water partition coefficient (Wildman–Crippen LogP) is 7.81. The molecule has 0 bridgehead atoms. The first-order valence-corrected chi connectivity index (χ1v) is 16.9. The van der Waals surface area contributed by atoms with E-state index in [9.17, 15) is 31.5 Å². The van der Waals surface area contributed by atoms with Crippen LogP contribution < -0.4 is 16.4 Å². The smallest absolute Gasteiger partial charge is 0.368 e. The summed E-state index contributed by atoms with van der Waals surface area (Å²) in [6.07, 6.45) is -3.40. The minimum Gasteiger partial charge on any atom is -0.368 e. The van der Waals surface area contributed by atoms with Crippen LogP contribution in [0.25, 0.3) is 33.2 Å². The minimum atomic E-state index is -5.87. The zero-order valence-electron chi connectivity index (χ0n) is 28.9. The second kappa shape index (κ2) is 14.8. The number of aromatic nitrogens is 4. The van der Waals surface area contributed by atoms with Crippen LogP contribution in [0.4, 0.5) is 27.6 Å². The van der Waals surface area contributed by atoms with Gasteiger partial charge in [-0.05, 0) is 97.7 Å². The third-order valence-corrected chi connectivity index (χ3v) is 9.89. The largest absolute Gasteiger partial charge is 0.461 e. The Bertz CT molecular complexity index is 2070. The van der Waals surface area contributed by atoms with Gasteiger partial charge in [0.25, 0.3) is 0 Å². The summed E-state index contributed by atoms with van der Waals surface area (Å²) in [4.78, 5) is 42.4. The number of halogens is 6. The number of hydrogen-bond donors (Lipinski definition) is 4. The topological polar surface area (TPSA) is 147 Å². The van der Waals surface area contributed by atoms with Gasteiger partial charge in [-0.15, -0.1) is 12.4 Å². The van der Waals surface area contributed by atoms with E-state index in [-0.39, 0.29) is 47.4 Å². The zero-order valence-corrected chi connectivity index (χ0v) is 29.7. The van der Waals surface area contributed by atoms with E-state index in [0.717, 1.165) is 33.5 Å². The maximum atomic E-state index is 14.3. The highest BCUT2D eigenvalue weighted by molar-refractivity contribution is 6.02. The predicted molar refractivity (Wildman–Crippen MR) is 192 cm³/mol. The molecule has 6 N–H and O–H groups in total. The number of H-pyrrole nitrogens is 2. The summed E-state index contributed by atoms with van der Waals surface area (Å²) in [5.74, 6) is -7.09. The Labute approximate surface area is 303 Å². The van der Waals surface area contributed by atoms with Crippen molar-refractivity contribution < 1.29 is 31.5 Å². The second-order valence-electron chi connectivity index (χ2n) is 13.8. The quantitative estimate of drug-likeness (QED) is 0.108. The molecular weight excluding hydrogens is 705 g/mol. The van der Waals surface area contributed by atoms with Crippen LogP contribution in [0.1, 0.15) is 68.2 Å². The summed E-state index contributed by atoms with van der Waals surface area (Å²) in [5, 5.41) is 0. The van der Waals surface area contributed by atoms with E-state index in [0.29, 0.717) is 37.8 Å². The van der Waals surface area contributed by atoms with E-state index in [1.165, 1.54) is 23.1 Å². The lowest BCUT2D eigenvalue weighted by atomic mass is 9.81. The Morgan fingerprint density at radius 1 is 0.904 bits per heavy atom. The number of aryl methyl sites for hydroxylation is 1. The van der Waals surface area contributed by atoms with Gasteiger partial charge in [0, 0.05) is 23.9 Å². The van der Waals surface area contributed by atoms with Gasteiger partial charge >= 0.3 is 12.1 Å². The second-order valence-corrected chi connectivity index (χ2v) is 13.8. The maximum Gasteiger partial charge on any atom is 0.461 e. The molecule has 2 aromatic heterocycles. The Morgan fingerprint density at radius 2 is 1.56 bits per heavy atom. The van der Waals surface area contributed by atoms with Gasteiger partial charge in [0.15, 0.2) is 5.82 Å². The van der Waals surface area contributed by atoms with Gasteiger partial charge in [-0.2, -0.15) is 22.0 Å². The lowest BCUT2D eigenvalue weighted by molar-refractivity contribution is -0.292. The fourth-order valence-electron chi connectivity index (χ4n) is 6.87. The molecule has 6 rings (SSSR count). The zero-order chi connectivity index (χ0) is 36.8. The van der Waals surface area contributed by atoms with Crippen LogP contribution >= 0.6 is 12.4 Å². The summed E-state index contributed by atoms with van der Waals surface area (Å²) < 4.78 is 67.7. The molecule has 52 heavy (non-hydrogen) atoms. The Balaban J connectivity index is 0.00000523. The molecule has 278 valence electrons. The molecular formula is C37H41ClF5N7O2. The number of hydrogen-bond acceptors (Lipinski definition) is 5. The number of rotatable bonds is 10. The SMILES string of the molecule is Cc1cc2[nH]c(C(C)C)nc2cc1-c1ccc(C[C@@H](C(N)=O)N(c2ccc3nc(C(F)(F)C(F)(F)F)[nH]c3c2)C(=O)[C@H]2CC[C@H](CN)CC2)cc1.Cl. The average molecular weight is 746 g/mol. The molecule has 0 aliphatic heterocycles. The number of carbonyl (C=O) groups is 2. The highest BCUT2D eigenvalue weighted by Gasteiger charge is 2.61. The lowest BCUT2D eigenvalue weighted by Gasteiger charge is -2.35. The van der Waals surface area contributed by atoms with Gasteiger partial charge in [0.1, 0.15) is 11.9 Å². The molecule has 0 unspecified atom stereocenters. The number of anilines is 1. The van der Waals surface area contributed by atoms with E-state index >= 15 is 0 Å². The van der Waals surface area contributed by atoms with Crippen molar-refractivity contribution >= 4 is 52.0 Å². The number of aromatic amines is 2. The van der Waals surface area contributed by atoms with Gasteiger partial charge in [0.2, 0.25) is 11.8 Å². The van der Waals surface area contributed by atoms with Crippen LogP contribution in [-0.4, -0.2) is 50.5 Å². The molecule has 3 aromatic carbocycles. The van der Waals surface area contributed by atoms with Crippen LogP contribution in [0.3, 0.4) is 0 Å². The number of nitrogens with zero attached hydrogens (tertiary/aromatic N) is 3. The molecule has 0 radical (unpaired) electrons. The first-order valence-electron chi connectivity index (χ1n) is 16.9. The Morgan fingerprint density at radius 3 is 2.15 bits per heavy atom. The minimum absolute atomic E-state index is 0. The molecule has 2 amide bonds. The van der Waals surface area contributed by atoms with Crippen molar-refractivity contribution in [3.05, 3.63) is 77.4 Å².